The van der Waals surface area contributed by atoms with Gasteiger partial charge < -0.3 is 20.1 Å². The number of halogens is 1. The van der Waals surface area contributed by atoms with Crippen molar-refractivity contribution in [1.29, 1.82) is 0 Å². The fourth-order valence-electron chi connectivity index (χ4n) is 2.21. The molecule has 1 aromatic rings. The molecule has 1 unspecified atom stereocenters. The van der Waals surface area contributed by atoms with Crippen molar-refractivity contribution in [1.82, 2.24) is 5.32 Å². The van der Waals surface area contributed by atoms with Gasteiger partial charge in [-0.2, -0.15) is 0 Å². The molecule has 0 spiro atoms. The Kier molecular flexibility index (Phi) is 5.27. The molecule has 1 aliphatic heterocycles. The van der Waals surface area contributed by atoms with Crippen LogP contribution in [0.4, 0.5) is 10.1 Å². The number of nitrogens with one attached hydrogen (secondary N) is 2. The number of morpholine rings is 1. The maximum atomic E-state index is 13.0. The van der Waals surface area contributed by atoms with Crippen LogP contribution in [0.3, 0.4) is 0 Å². The standard InChI is InChI=1S/C15H21FN2O3/c1-15(2)10-17-7-13(21-15)8-20-9-14(19)18-12-5-3-4-11(16)6-12/h3-6,13,17H,7-10H2,1-2H3,(H,18,19). The molecule has 0 bridgehead atoms. The minimum atomic E-state index is -0.391. The second-order valence-electron chi connectivity index (χ2n) is 5.70. The molecular formula is C15H21FN2O3. The van der Waals surface area contributed by atoms with Crippen molar-refractivity contribution in [3.8, 4) is 0 Å². The molecule has 0 aromatic heterocycles. The second kappa shape index (κ2) is 6.98. The predicted molar refractivity (Wildman–Crippen MR) is 77.7 cm³/mol. The van der Waals surface area contributed by atoms with E-state index < -0.39 is 5.82 Å². The van der Waals surface area contributed by atoms with E-state index in [0.717, 1.165) is 6.54 Å². The molecule has 6 heteroatoms. The van der Waals surface area contributed by atoms with Gasteiger partial charge in [-0.3, -0.25) is 4.79 Å². The molecule has 0 saturated carbocycles. The lowest BCUT2D eigenvalue weighted by molar-refractivity contribution is -0.132. The molecule has 1 fully saturated rings. The molecule has 2 N–H and O–H groups in total. The summed E-state index contributed by atoms with van der Waals surface area (Å²) in [6.45, 7) is 5.76. The number of benzene rings is 1. The quantitative estimate of drug-likeness (QED) is 0.865. The van der Waals surface area contributed by atoms with Crippen molar-refractivity contribution in [3.05, 3.63) is 30.1 Å². The Morgan fingerprint density at radius 3 is 3.10 bits per heavy atom. The number of ether oxygens (including phenoxy) is 2. The van der Waals surface area contributed by atoms with Gasteiger partial charge in [0, 0.05) is 18.8 Å². The lowest BCUT2D eigenvalue weighted by Crippen LogP contribution is -2.52. The van der Waals surface area contributed by atoms with E-state index >= 15 is 0 Å². The van der Waals surface area contributed by atoms with Crippen LogP contribution in [0.5, 0.6) is 0 Å². The summed E-state index contributed by atoms with van der Waals surface area (Å²) in [6, 6.07) is 5.74. The average Bonchev–Trinajstić information content (AvgIpc) is 2.37. The summed E-state index contributed by atoms with van der Waals surface area (Å²) in [5.41, 5.74) is 0.191. The van der Waals surface area contributed by atoms with Crippen LogP contribution in [0, 0.1) is 5.82 Å². The van der Waals surface area contributed by atoms with Gasteiger partial charge in [0.05, 0.1) is 18.3 Å². The molecule has 1 aliphatic rings. The third kappa shape index (κ3) is 5.41. The minimum Gasteiger partial charge on any atom is -0.369 e. The van der Waals surface area contributed by atoms with E-state index in [4.69, 9.17) is 9.47 Å². The Bertz CT molecular complexity index is 494. The van der Waals surface area contributed by atoms with Crippen LogP contribution in [-0.2, 0) is 14.3 Å². The SMILES string of the molecule is CC1(C)CNCC(COCC(=O)Nc2cccc(F)c2)O1. The smallest absolute Gasteiger partial charge is 0.250 e. The van der Waals surface area contributed by atoms with Gasteiger partial charge >= 0.3 is 0 Å². The number of carbonyl (C=O) groups is 1. The normalized spacial score (nSPS) is 21.0. The number of rotatable bonds is 5. The van der Waals surface area contributed by atoms with E-state index in [1.54, 1.807) is 6.07 Å². The Labute approximate surface area is 123 Å². The zero-order valence-corrected chi connectivity index (χ0v) is 12.3. The third-order valence-corrected chi connectivity index (χ3v) is 3.05. The van der Waals surface area contributed by atoms with Gasteiger partial charge in [-0.1, -0.05) is 6.07 Å². The number of amides is 1. The van der Waals surface area contributed by atoms with Gasteiger partial charge in [-0.15, -0.1) is 0 Å². The molecule has 1 heterocycles. The first-order valence-corrected chi connectivity index (χ1v) is 6.96. The molecule has 1 saturated heterocycles. The van der Waals surface area contributed by atoms with E-state index in [1.165, 1.54) is 18.2 Å². The van der Waals surface area contributed by atoms with Crippen LogP contribution < -0.4 is 10.6 Å². The zero-order chi connectivity index (χ0) is 15.3. The predicted octanol–water partition coefficient (Wildman–Crippen LogP) is 1.55. The summed E-state index contributed by atoms with van der Waals surface area (Å²) in [5.74, 6) is -0.707. The summed E-state index contributed by atoms with van der Waals surface area (Å²) in [4.78, 5) is 11.7. The summed E-state index contributed by atoms with van der Waals surface area (Å²) in [6.07, 6.45) is -0.0734. The molecule has 1 aromatic carbocycles. The van der Waals surface area contributed by atoms with Gasteiger partial charge in [-0.25, -0.2) is 4.39 Å². The maximum Gasteiger partial charge on any atom is 0.250 e. The largest absolute Gasteiger partial charge is 0.369 e. The highest BCUT2D eigenvalue weighted by atomic mass is 19.1. The summed E-state index contributed by atoms with van der Waals surface area (Å²) >= 11 is 0. The van der Waals surface area contributed by atoms with Gasteiger partial charge in [-0.05, 0) is 32.0 Å². The maximum absolute atomic E-state index is 13.0. The van der Waals surface area contributed by atoms with Crippen LogP contribution in [0.15, 0.2) is 24.3 Å². The molecule has 5 nitrogen and oxygen atoms in total. The topological polar surface area (TPSA) is 59.6 Å². The van der Waals surface area contributed by atoms with Crippen LogP contribution >= 0.6 is 0 Å². The van der Waals surface area contributed by atoms with E-state index in [9.17, 15) is 9.18 Å². The molecule has 1 amide bonds. The van der Waals surface area contributed by atoms with Crippen molar-refractivity contribution in [2.45, 2.75) is 25.6 Å². The highest BCUT2D eigenvalue weighted by molar-refractivity contribution is 5.91. The van der Waals surface area contributed by atoms with Crippen molar-refractivity contribution in [2.24, 2.45) is 0 Å². The van der Waals surface area contributed by atoms with E-state index in [-0.39, 0.29) is 24.2 Å². The fourth-order valence-corrected chi connectivity index (χ4v) is 2.21. The summed E-state index contributed by atoms with van der Waals surface area (Å²) < 4.78 is 24.2. The number of hydrogen-bond donors (Lipinski definition) is 2. The highest BCUT2D eigenvalue weighted by Gasteiger charge is 2.28. The number of anilines is 1. The molecule has 116 valence electrons. The first kappa shape index (κ1) is 15.9. The van der Waals surface area contributed by atoms with E-state index in [1.807, 2.05) is 13.8 Å². The van der Waals surface area contributed by atoms with Crippen LogP contribution in [-0.4, -0.2) is 43.9 Å². The summed E-state index contributed by atoms with van der Waals surface area (Å²) in [7, 11) is 0. The van der Waals surface area contributed by atoms with Gasteiger partial charge in [0.25, 0.3) is 0 Å². The monoisotopic (exact) mass is 296 g/mol. The lowest BCUT2D eigenvalue weighted by Gasteiger charge is -2.36. The number of carbonyl (C=O) groups excluding carboxylic acids is 1. The van der Waals surface area contributed by atoms with Gasteiger partial charge in [0.15, 0.2) is 0 Å². The van der Waals surface area contributed by atoms with Gasteiger partial charge in [0.2, 0.25) is 5.91 Å². The molecule has 0 aliphatic carbocycles. The Morgan fingerprint density at radius 1 is 1.57 bits per heavy atom. The van der Waals surface area contributed by atoms with Gasteiger partial charge in [0.1, 0.15) is 12.4 Å². The molecule has 21 heavy (non-hydrogen) atoms. The van der Waals surface area contributed by atoms with Crippen molar-refractivity contribution in [2.75, 3.05) is 31.6 Å². The van der Waals surface area contributed by atoms with E-state index in [2.05, 4.69) is 10.6 Å². The Balaban J connectivity index is 1.70. The number of hydrogen-bond acceptors (Lipinski definition) is 4. The van der Waals surface area contributed by atoms with Crippen molar-refractivity contribution < 1.29 is 18.7 Å². The molecular weight excluding hydrogens is 275 g/mol. The lowest BCUT2D eigenvalue weighted by atomic mass is 10.1. The van der Waals surface area contributed by atoms with Crippen LogP contribution in [0.25, 0.3) is 0 Å². The second-order valence-corrected chi connectivity index (χ2v) is 5.70. The Hall–Kier alpha value is -1.50. The molecule has 2 rings (SSSR count). The van der Waals surface area contributed by atoms with E-state index in [0.29, 0.717) is 18.8 Å². The third-order valence-electron chi connectivity index (χ3n) is 3.05. The van der Waals surface area contributed by atoms with Crippen LogP contribution in [0.2, 0.25) is 0 Å². The minimum absolute atomic E-state index is 0.0734. The molecule has 0 radical (unpaired) electrons. The Morgan fingerprint density at radius 2 is 2.38 bits per heavy atom. The first-order chi connectivity index (χ1) is 9.94. The average molecular weight is 296 g/mol. The van der Waals surface area contributed by atoms with Crippen LogP contribution in [0.1, 0.15) is 13.8 Å². The summed E-state index contributed by atoms with van der Waals surface area (Å²) in [5, 5.41) is 5.84. The zero-order valence-electron chi connectivity index (χ0n) is 12.3. The van der Waals surface area contributed by atoms with Crippen molar-refractivity contribution >= 4 is 11.6 Å². The molecule has 1 atom stereocenters. The van der Waals surface area contributed by atoms with Crippen molar-refractivity contribution in [3.63, 3.8) is 0 Å². The highest BCUT2D eigenvalue weighted by Crippen LogP contribution is 2.15. The first-order valence-electron chi connectivity index (χ1n) is 6.96. The fraction of sp³-hybridized carbons (Fsp3) is 0.533.